The summed E-state index contributed by atoms with van der Waals surface area (Å²) in [6, 6.07) is 10.4. The van der Waals surface area contributed by atoms with Gasteiger partial charge in [0.25, 0.3) is 0 Å². The molecule has 1 saturated carbocycles. The zero-order valence-corrected chi connectivity index (χ0v) is 11.0. The SMILES string of the molecule is CCOC1CC(N)C1Nc1ccnc2ccccc12. The lowest BCUT2D eigenvalue weighted by atomic mass is 9.83. The molecule has 0 saturated heterocycles. The highest BCUT2D eigenvalue weighted by Crippen LogP contribution is 2.29. The molecule has 0 amide bonds. The number of hydrogen-bond acceptors (Lipinski definition) is 4. The van der Waals surface area contributed by atoms with Gasteiger partial charge in [0.2, 0.25) is 0 Å². The van der Waals surface area contributed by atoms with E-state index in [2.05, 4.69) is 16.4 Å². The van der Waals surface area contributed by atoms with Gasteiger partial charge >= 0.3 is 0 Å². The lowest BCUT2D eigenvalue weighted by Crippen LogP contribution is -2.60. The van der Waals surface area contributed by atoms with Gasteiger partial charge < -0.3 is 15.8 Å². The van der Waals surface area contributed by atoms with E-state index in [1.54, 1.807) is 0 Å². The van der Waals surface area contributed by atoms with Crippen LogP contribution in [0.1, 0.15) is 13.3 Å². The topological polar surface area (TPSA) is 60.2 Å². The zero-order chi connectivity index (χ0) is 13.2. The van der Waals surface area contributed by atoms with Crippen LogP contribution in [0.3, 0.4) is 0 Å². The van der Waals surface area contributed by atoms with E-state index in [1.165, 1.54) is 0 Å². The van der Waals surface area contributed by atoms with E-state index in [1.807, 2.05) is 37.4 Å². The monoisotopic (exact) mass is 257 g/mol. The fraction of sp³-hybridized carbons (Fsp3) is 0.400. The van der Waals surface area contributed by atoms with E-state index in [-0.39, 0.29) is 18.2 Å². The number of ether oxygens (including phenoxy) is 1. The van der Waals surface area contributed by atoms with Crippen LogP contribution in [-0.2, 0) is 4.74 Å². The van der Waals surface area contributed by atoms with Crippen LogP contribution in [-0.4, -0.2) is 29.8 Å². The average molecular weight is 257 g/mol. The Morgan fingerprint density at radius 2 is 2.21 bits per heavy atom. The van der Waals surface area contributed by atoms with Gasteiger partial charge in [-0.15, -0.1) is 0 Å². The van der Waals surface area contributed by atoms with Crippen molar-refractivity contribution in [1.29, 1.82) is 0 Å². The number of aromatic nitrogens is 1. The van der Waals surface area contributed by atoms with E-state index in [0.29, 0.717) is 0 Å². The summed E-state index contributed by atoms with van der Waals surface area (Å²) in [5.74, 6) is 0. The van der Waals surface area contributed by atoms with Gasteiger partial charge in [0.15, 0.2) is 0 Å². The van der Waals surface area contributed by atoms with Crippen molar-refractivity contribution >= 4 is 16.6 Å². The number of anilines is 1. The molecule has 1 heterocycles. The normalized spacial score (nSPS) is 26.1. The van der Waals surface area contributed by atoms with Gasteiger partial charge in [0.1, 0.15) is 0 Å². The van der Waals surface area contributed by atoms with Crippen molar-refractivity contribution in [2.24, 2.45) is 5.73 Å². The van der Waals surface area contributed by atoms with E-state index in [4.69, 9.17) is 10.5 Å². The molecule has 0 bridgehead atoms. The second-order valence-corrected chi connectivity index (χ2v) is 4.94. The molecule has 3 unspecified atom stereocenters. The Balaban J connectivity index is 1.85. The second kappa shape index (κ2) is 5.15. The summed E-state index contributed by atoms with van der Waals surface area (Å²) < 4.78 is 5.69. The van der Waals surface area contributed by atoms with E-state index in [0.717, 1.165) is 29.6 Å². The molecule has 1 aliphatic rings. The molecule has 3 rings (SSSR count). The maximum atomic E-state index is 6.08. The summed E-state index contributed by atoms with van der Waals surface area (Å²) in [4.78, 5) is 4.36. The van der Waals surface area contributed by atoms with Crippen molar-refractivity contribution in [3.8, 4) is 0 Å². The molecule has 2 aromatic rings. The Labute approximate surface area is 113 Å². The Hall–Kier alpha value is -1.65. The Morgan fingerprint density at radius 3 is 3.00 bits per heavy atom. The largest absolute Gasteiger partial charge is 0.378 e. The average Bonchev–Trinajstić information content (AvgIpc) is 2.44. The molecule has 3 atom stereocenters. The van der Waals surface area contributed by atoms with Crippen LogP contribution >= 0.6 is 0 Å². The molecular weight excluding hydrogens is 238 g/mol. The maximum absolute atomic E-state index is 6.08. The highest BCUT2D eigenvalue weighted by molar-refractivity contribution is 5.91. The number of rotatable bonds is 4. The number of nitrogens with zero attached hydrogens (tertiary/aromatic N) is 1. The number of para-hydroxylation sites is 1. The number of hydrogen-bond donors (Lipinski definition) is 2. The first-order valence-corrected chi connectivity index (χ1v) is 6.77. The lowest BCUT2D eigenvalue weighted by Gasteiger charge is -2.43. The lowest BCUT2D eigenvalue weighted by molar-refractivity contribution is -0.0125. The molecule has 100 valence electrons. The van der Waals surface area contributed by atoms with Crippen LogP contribution in [0, 0.1) is 0 Å². The number of nitrogens with two attached hydrogens (primary N) is 1. The van der Waals surface area contributed by atoms with Crippen LogP contribution in [0.5, 0.6) is 0 Å². The van der Waals surface area contributed by atoms with E-state index < -0.39 is 0 Å². The minimum atomic E-state index is 0.156. The van der Waals surface area contributed by atoms with Crippen molar-refractivity contribution in [2.75, 3.05) is 11.9 Å². The number of nitrogens with one attached hydrogen (secondary N) is 1. The second-order valence-electron chi connectivity index (χ2n) is 4.94. The van der Waals surface area contributed by atoms with Crippen molar-refractivity contribution in [3.63, 3.8) is 0 Å². The van der Waals surface area contributed by atoms with Crippen LogP contribution in [0.4, 0.5) is 5.69 Å². The third-order valence-electron chi connectivity index (χ3n) is 3.72. The summed E-state index contributed by atoms with van der Waals surface area (Å²) in [7, 11) is 0. The summed E-state index contributed by atoms with van der Waals surface area (Å²) in [6.07, 6.45) is 2.96. The predicted molar refractivity (Wildman–Crippen MR) is 77.2 cm³/mol. The predicted octanol–water partition coefficient (Wildman–Crippen LogP) is 2.15. The first-order chi connectivity index (χ1) is 9.29. The van der Waals surface area contributed by atoms with Crippen molar-refractivity contribution in [1.82, 2.24) is 4.98 Å². The molecule has 3 N–H and O–H groups in total. The van der Waals surface area contributed by atoms with Crippen LogP contribution < -0.4 is 11.1 Å². The van der Waals surface area contributed by atoms with Gasteiger partial charge in [-0.3, -0.25) is 4.98 Å². The summed E-state index contributed by atoms with van der Waals surface area (Å²) in [6.45, 7) is 2.75. The number of fused-ring (bicyclic) bond motifs is 1. The van der Waals surface area contributed by atoms with Gasteiger partial charge in [-0.1, -0.05) is 18.2 Å². The van der Waals surface area contributed by atoms with Crippen LogP contribution in [0.2, 0.25) is 0 Å². The minimum absolute atomic E-state index is 0.156. The molecule has 0 spiro atoms. The third-order valence-corrected chi connectivity index (χ3v) is 3.72. The summed E-state index contributed by atoms with van der Waals surface area (Å²) in [5.41, 5.74) is 8.15. The molecule has 4 nitrogen and oxygen atoms in total. The van der Waals surface area contributed by atoms with E-state index in [9.17, 15) is 0 Å². The minimum Gasteiger partial charge on any atom is -0.378 e. The van der Waals surface area contributed by atoms with Gasteiger partial charge in [-0.2, -0.15) is 0 Å². The zero-order valence-electron chi connectivity index (χ0n) is 11.0. The Bertz CT molecular complexity index is 565. The highest BCUT2D eigenvalue weighted by Gasteiger charge is 2.39. The molecule has 1 aromatic carbocycles. The summed E-state index contributed by atoms with van der Waals surface area (Å²) in [5, 5.41) is 4.64. The number of benzene rings is 1. The van der Waals surface area contributed by atoms with Crippen molar-refractivity contribution in [2.45, 2.75) is 31.5 Å². The smallest absolute Gasteiger partial charge is 0.0806 e. The Morgan fingerprint density at radius 1 is 1.37 bits per heavy atom. The van der Waals surface area contributed by atoms with Crippen molar-refractivity contribution in [3.05, 3.63) is 36.5 Å². The van der Waals surface area contributed by atoms with Gasteiger partial charge in [0, 0.05) is 29.9 Å². The molecule has 0 radical (unpaired) electrons. The molecular formula is C15H19N3O. The molecule has 1 aromatic heterocycles. The van der Waals surface area contributed by atoms with E-state index >= 15 is 0 Å². The molecule has 1 aliphatic carbocycles. The highest BCUT2D eigenvalue weighted by atomic mass is 16.5. The fourth-order valence-electron chi connectivity index (χ4n) is 2.63. The molecule has 1 fully saturated rings. The fourth-order valence-corrected chi connectivity index (χ4v) is 2.63. The summed E-state index contributed by atoms with van der Waals surface area (Å²) >= 11 is 0. The standard InChI is InChI=1S/C15H19N3O/c1-2-19-14-9-11(16)15(14)18-13-7-8-17-12-6-4-3-5-10(12)13/h3-8,11,14-15H,2,9,16H2,1H3,(H,17,18). The quantitative estimate of drug-likeness (QED) is 0.881. The van der Waals surface area contributed by atoms with Crippen LogP contribution in [0.15, 0.2) is 36.5 Å². The number of pyridine rings is 1. The van der Waals surface area contributed by atoms with Gasteiger partial charge in [0.05, 0.1) is 17.7 Å². The molecule has 19 heavy (non-hydrogen) atoms. The van der Waals surface area contributed by atoms with Gasteiger partial charge in [-0.05, 0) is 25.5 Å². The first kappa shape index (κ1) is 12.4. The maximum Gasteiger partial charge on any atom is 0.0806 e. The molecule has 4 heteroatoms. The third kappa shape index (κ3) is 2.29. The van der Waals surface area contributed by atoms with Gasteiger partial charge in [-0.25, -0.2) is 0 Å². The van der Waals surface area contributed by atoms with Crippen molar-refractivity contribution < 1.29 is 4.74 Å². The first-order valence-electron chi connectivity index (χ1n) is 6.77. The molecule has 0 aliphatic heterocycles. The van der Waals surface area contributed by atoms with Crippen LogP contribution in [0.25, 0.3) is 10.9 Å². The Kier molecular flexibility index (Phi) is 3.36.